The number of benzene rings is 2. The molecule has 0 atom stereocenters. The second kappa shape index (κ2) is 8.57. The van der Waals surface area contributed by atoms with Crippen LogP contribution in [0.2, 0.25) is 0 Å². The van der Waals surface area contributed by atoms with Gasteiger partial charge in [0.05, 0.1) is 6.61 Å². The van der Waals surface area contributed by atoms with Crippen molar-refractivity contribution in [1.29, 1.82) is 0 Å². The fourth-order valence-corrected chi connectivity index (χ4v) is 1.97. The highest BCUT2D eigenvalue weighted by molar-refractivity contribution is 5.95. The maximum Gasteiger partial charge on any atom is 0.276 e. The standard InChI is InChI=1S/C18H20N2O4/c1-3-23-15-10-8-14(9-11-15)18(22)20-19-17(21)12-24-16-7-5-4-6-13(16)2/h4-11H,3,12H2,1-2H3,(H,19,21)(H,20,22). The molecule has 0 radical (unpaired) electrons. The number of hydrogen-bond donors (Lipinski definition) is 2. The molecular formula is C18H20N2O4. The summed E-state index contributed by atoms with van der Waals surface area (Å²) in [4.78, 5) is 23.7. The summed E-state index contributed by atoms with van der Waals surface area (Å²) < 4.78 is 10.7. The smallest absolute Gasteiger partial charge is 0.276 e. The number of aryl methyl sites for hydroxylation is 1. The predicted molar refractivity (Wildman–Crippen MR) is 89.9 cm³/mol. The van der Waals surface area contributed by atoms with Crippen molar-refractivity contribution in [2.45, 2.75) is 13.8 Å². The van der Waals surface area contributed by atoms with Crippen molar-refractivity contribution >= 4 is 11.8 Å². The first-order chi connectivity index (χ1) is 11.6. The Bertz CT molecular complexity index is 698. The van der Waals surface area contributed by atoms with E-state index in [-0.39, 0.29) is 6.61 Å². The molecule has 0 saturated carbocycles. The first-order valence-electron chi connectivity index (χ1n) is 7.60. The number of amides is 2. The van der Waals surface area contributed by atoms with Crippen LogP contribution in [-0.4, -0.2) is 25.0 Å². The van der Waals surface area contributed by atoms with E-state index in [4.69, 9.17) is 9.47 Å². The van der Waals surface area contributed by atoms with Gasteiger partial charge in [0.25, 0.3) is 11.8 Å². The molecule has 24 heavy (non-hydrogen) atoms. The van der Waals surface area contributed by atoms with Crippen LogP contribution >= 0.6 is 0 Å². The molecule has 2 amide bonds. The van der Waals surface area contributed by atoms with Gasteiger partial charge >= 0.3 is 0 Å². The topological polar surface area (TPSA) is 76.7 Å². The number of para-hydroxylation sites is 1. The van der Waals surface area contributed by atoms with Gasteiger partial charge in [-0.05, 0) is 49.7 Å². The highest BCUT2D eigenvalue weighted by atomic mass is 16.5. The summed E-state index contributed by atoms with van der Waals surface area (Å²) >= 11 is 0. The van der Waals surface area contributed by atoms with Crippen molar-refractivity contribution in [2.24, 2.45) is 0 Å². The summed E-state index contributed by atoms with van der Waals surface area (Å²) in [5.41, 5.74) is 6.01. The van der Waals surface area contributed by atoms with Crippen LogP contribution in [0.5, 0.6) is 11.5 Å². The Balaban J connectivity index is 1.78. The minimum Gasteiger partial charge on any atom is -0.494 e. The molecule has 0 aliphatic heterocycles. The molecule has 0 aliphatic carbocycles. The molecule has 0 unspecified atom stereocenters. The van der Waals surface area contributed by atoms with Crippen LogP contribution in [0.25, 0.3) is 0 Å². The number of carbonyl (C=O) groups is 2. The van der Waals surface area contributed by atoms with Gasteiger partial charge in [-0.25, -0.2) is 0 Å². The van der Waals surface area contributed by atoms with Crippen LogP contribution in [-0.2, 0) is 4.79 Å². The quantitative estimate of drug-likeness (QED) is 0.797. The molecule has 0 spiro atoms. The van der Waals surface area contributed by atoms with Crippen molar-refractivity contribution in [1.82, 2.24) is 10.9 Å². The highest BCUT2D eigenvalue weighted by Gasteiger charge is 2.08. The zero-order valence-corrected chi connectivity index (χ0v) is 13.7. The van der Waals surface area contributed by atoms with Gasteiger partial charge in [0, 0.05) is 5.56 Å². The molecule has 2 aromatic carbocycles. The Morgan fingerprint density at radius 1 is 0.958 bits per heavy atom. The maximum absolute atomic E-state index is 11.9. The Labute approximate surface area is 140 Å². The van der Waals surface area contributed by atoms with Gasteiger partial charge in [-0.1, -0.05) is 18.2 Å². The van der Waals surface area contributed by atoms with Crippen LogP contribution in [0.4, 0.5) is 0 Å². The molecule has 2 N–H and O–H groups in total. The number of hydrazine groups is 1. The SMILES string of the molecule is CCOc1ccc(C(=O)NNC(=O)COc2ccccc2C)cc1. The third-order valence-corrected chi connectivity index (χ3v) is 3.20. The van der Waals surface area contributed by atoms with Crippen LogP contribution in [0.15, 0.2) is 48.5 Å². The summed E-state index contributed by atoms with van der Waals surface area (Å²) in [6.07, 6.45) is 0. The van der Waals surface area contributed by atoms with Gasteiger partial charge in [-0.15, -0.1) is 0 Å². The second-order valence-corrected chi connectivity index (χ2v) is 5.01. The summed E-state index contributed by atoms with van der Waals surface area (Å²) in [5.74, 6) is 0.454. The van der Waals surface area contributed by atoms with E-state index in [2.05, 4.69) is 10.9 Å². The molecule has 0 heterocycles. The summed E-state index contributed by atoms with van der Waals surface area (Å²) in [6, 6.07) is 14.0. The average molecular weight is 328 g/mol. The lowest BCUT2D eigenvalue weighted by Crippen LogP contribution is -2.43. The molecule has 0 bridgehead atoms. The second-order valence-electron chi connectivity index (χ2n) is 5.01. The molecule has 2 aromatic rings. The van der Waals surface area contributed by atoms with Gasteiger partial charge < -0.3 is 9.47 Å². The third kappa shape index (κ3) is 5.01. The third-order valence-electron chi connectivity index (χ3n) is 3.20. The molecule has 0 aromatic heterocycles. The Kier molecular flexibility index (Phi) is 6.19. The Morgan fingerprint density at radius 3 is 2.33 bits per heavy atom. The van der Waals surface area contributed by atoms with Crippen LogP contribution in [0, 0.1) is 6.92 Å². The number of nitrogens with one attached hydrogen (secondary N) is 2. The summed E-state index contributed by atoms with van der Waals surface area (Å²) in [6.45, 7) is 4.15. The number of carbonyl (C=O) groups excluding carboxylic acids is 2. The fraction of sp³-hybridized carbons (Fsp3) is 0.222. The van der Waals surface area contributed by atoms with Crippen LogP contribution in [0.1, 0.15) is 22.8 Å². The van der Waals surface area contributed by atoms with Gasteiger partial charge in [0.2, 0.25) is 0 Å². The van der Waals surface area contributed by atoms with Crippen LogP contribution in [0.3, 0.4) is 0 Å². The molecule has 6 heteroatoms. The highest BCUT2D eigenvalue weighted by Crippen LogP contribution is 2.15. The zero-order valence-electron chi connectivity index (χ0n) is 13.7. The van der Waals surface area contributed by atoms with E-state index in [1.165, 1.54) is 0 Å². The Hall–Kier alpha value is -3.02. The monoisotopic (exact) mass is 328 g/mol. The minimum atomic E-state index is -0.447. The fourth-order valence-electron chi connectivity index (χ4n) is 1.97. The van der Waals surface area contributed by atoms with Crippen molar-refractivity contribution in [2.75, 3.05) is 13.2 Å². The first kappa shape index (κ1) is 17.3. The van der Waals surface area contributed by atoms with E-state index in [1.54, 1.807) is 30.3 Å². The van der Waals surface area contributed by atoms with Crippen molar-refractivity contribution in [3.05, 3.63) is 59.7 Å². The van der Waals surface area contributed by atoms with E-state index in [0.29, 0.717) is 23.7 Å². The molecule has 0 aliphatic rings. The lowest BCUT2D eigenvalue weighted by atomic mass is 10.2. The van der Waals surface area contributed by atoms with E-state index in [9.17, 15) is 9.59 Å². The molecule has 0 saturated heterocycles. The number of hydrogen-bond acceptors (Lipinski definition) is 4. The van der Waals surface area contributed by atoms with E-state index >= 15 is 0 Å². The Morgan fingerprint density at radius 2 is 1.67 bits per heavy atom. The van der Waals surface area contributed by atoms with E-state index in [0.717, 1.165) is 5.56 Å². The zero-order chi connectivity index (χ0) is 17.4. The van der Waals surface area contributed by atoms with Crippen molar-refractivity contribution < 1.29 is 19.1 Å². The molecular weight excluding hydrogens is 308 g/mol. The van der Waals surface area contributed by atoms with Crippen LogP contribution < -0.4 is 20.3 Å². The lowest BCUT2D eigenvalue weighted by Gasteiger charge is -2.10. The molecule has 0 fully saturated rings. The minimum absolute atomic E-state index is 0.186. The maximum atomic E-state index is 11.9. The average Bonchev–Trinajstić information content (AvgIpc) is 2.60. The molecule has 2 rings (SSSR count). The van der Waals surface area contributed by atoms with Gasteiger partial charge in [-0.2, -0.15) is 0 Å². The van der Waals surface area contributed by atoms with E-state index < -0.39 is 11.8 Å². The summed E-state index contributed by atoms with van der Waals surface area (Å²) in [5, 5.41) is 0. The molecule has 6 nitrogen and oxygen atoms in total. The van der Waals surface area contributed by atoms with Gasteiger partial charge in [0.15, 0.2) is 6.61 Å². The summed E-state index contributed by atoms with van der Waals surface area (Å²) in [7, 11) is 0. The first-order valence-corrected chi connectivity index (χ1v) is 7.60. The normalized spacial score (nSPS) is 9.92. The van der Waals surface area contributed by atoms with Crippen molar-refractivity contribution in [3.63, 3.8) is 0 Å². The van der Waals surface area contributed by atoms with Gasteiger partial charge in [0.1, 0.15) is 11.5 Å². The van der Waals surface area contributed by atoms with E-state index in [1.807, 2.05) is 32.0 Å². The van der Waals surface area contributed by atoms with Gasteiger partial charge in [-0.3, -0.25) is 20.4 Å². The van der Waals surface area contributed by atoms with Crippen molar-refractivity contribution in [3.8, 4) is 11.5 Å². The number of ether oxygens (including phenoxy) is 2. The largest absolute Gasteiger partial charge is 0.494 e. The predicted octanol–water partition coefficient (Wildman–Crippen LogP) is 2.23. The molecule has 126 valence electrons. The number of rotatable bonds is 6. The lowest BCUT2D eigenvalue weighted by molar-refractivity contribution is -0.123.